The van der Waals surface area contributed by atoms with Crippen molar-refractivity contribution >= 4 is 34.7 Å². The number of carboxylic acid groups (broad SMARTS) is 1. The van der Waals surface area contributed by atoms with Crippen molar-refractivity contribution in [3.8, 4) is 0 Å². The molecule has 6 nitrogen and oxygen atoms in total. The molecule has 0 saturated carbocycles. The largest absolute Gasteiger partial charge is 0.481 e. The Bertz CT molecular complexity index is 940. The van der Waals surface area contributed by atoms with Crippen LogP contribution in [0.5, 0.6) is 0 Å². The lowest BCUT2D eigenvalue weighted by atomic mass is 9.99. The number of imidazole rings is 1. The van der Waals surface area contributed by atoms with E-state index in [2.05, 4.69) is 10.3 Å². The van der Waals surface area contributed by atoms with Crippen LogP contribution in [-0.2, 0) is 21.9 Å². The molecule has 3 rings (SSSR count). The van der Waals surface area contributed by atoms with Crippen LogP contribution in [0.1, 0.15) is 17.3 Å². The average molecular weight is 383 g/mol. The number of nitrogens with one attached hydrogen (secondary N) is 1. The summed E-state index contributed by atoms with van der Waals surface area (Å²) in [6.07, 6.45) is 1.99. The molecule has 0 fully saturated rings. The van der Waals surface area contributed by atoms with Crippen molar-refractivity contribution in [2.45, 2.75) is 18.2 Å². The molecule has 1 amide bonds. The van der Waals surface area contributed by atoms with Gasteiger partial charge in [0.25, 0.3) is 0 Å². The fourth-order valence-electron chi connectivity index (χ4n) is 2.99. The summed E-state index contributed by atoms with van der Waals surface area (Å²) in [7, 11) is 0. The van der Waals surface area contributed by atoms with Crippen LogP contribution in [0.15, 0.2) is 54.6 Å². The number of para-hydroxylation sites is 2. The summed E-state index contributed by atoms with van der Waals surface area (Å²) in [5.41, 5.74) is 2.41. The van der Waals surface area contributed by atoms with Crippen LogP contribution in [0.2, 0.25) is 0 Å². The second-order valence-electron chi connectivity index (χ2n) is 6.14. The predicted octanol–water partition coefficient (Wildman–Crippen LogP) is 2.88. The first-order valence-corrected chi connectivity index (χ1v) is 9.97. The standard InChI is InChI=1S/C20H21N3O3S/c1-27-13-18-22-16-9-5-6-10-17(16)23(18)12-19(24)21-11-15(20(25)26)14-7-3-2-4-8-14/h2-10,15H,11-13H2,1H3,(H,21,24)(H,25,26). The van der Waals surface area contributed by atoms with Gasteiger partial charge in [-0.25, -0.2) is 4.98 Å². The Balaban J connectivity index is 1.73. The van der Waals surface area contributed by atoms with Crippen LogP contribution in [0, 0.1) is 0 Å². The topological polar surface area (TPSA) is 84.2 Å². The number of nitrogens with zero attached hydrogens (tertiary/aromatic N) is 2. The predicted molar refractivity (Wildman–Crippen MR) is 107 cm³/mol. The van der Waals surface area contributed by atoms with Gasteiger partial charge in [-0.3, -0.25) is 9.59 Å². The van der Waals surface area contributed by atoms with Gasteiger partial charge in [-0.05, 0) is 24.0 Å². The molecule has 0 aliphatic heterocycles. The number of amides is 1. The smallest absolute Gasteiger partial charge is 0.312 e. The Morgan fingerprint density at radius 2 is 1.85 bits per heavy atom. The van der Waals surface area contributed by atoms with Gasteiger partial charge >= 0.3 is 5.97 Å². The second kappa shape index (κ2) is 8.73. The monoisotopic (exact) mass is 383 g/mol. The maximum Gasteiger partial charge on any atom is 0.312 e. The van der Waals surface area contributed by atoms with E-state index in [9.17, 15) is 14.7 Å². The van der Waals surface area contributed by atoms with Gasteiger partial charge in [0.05, 0.1) is 22.7 Å². The normalized spacial score (nSPS) is 12.0. The second-order valence-corrected chi connectivity index (χ2v) is 7.01. The van der Waals surface area contributed by atoms with Crippen LogP contribution in [0.3, 0.4) is 0 Å². The van der Waals surface area contributed by atoms with Crippen molar-refractivity contribution in [3.05, 3.63) is 66.0 Å². The minimum atomic E-state index is -0.961. The summed E-state index contributed by atoms with van der Waals surface area (Å²) in [6.45, 7) is 0.153. The molecule has 3 aromatic rings. The number of hydrogen-bond acceptors (Lipinski definition) is 4. The molecular weight excluding hydrogens is 362 g/mol. The molecule has 1 aromatic heterocycles. The van der Waals surface area contributed by atoms with Gasteiger partial charge in [-0.15, -0.1) is 0 Å². The molecular formula is C20H21N3O3S. The molecule has 1 heterocycles. The Kier molecular flexibility index (Phi) is 6.13. The Labute approximate surface area is 161 Å². The van der Waals surface area contributed by atoms with Gasteiger partial charge in [0.2, 0.25) is 5.91 Å². The van der Waals surface area contributed by atoms with Gasteiger partial charge < -0.3 is 15.0 Å². The van der Waals surface area contributed by atoms with E-state index in [-0.39, 0.29) is 19.0 Å². The number of carboxylic acids is 1. The fourth-order valence-corrected chi connectivity index (χ4v) is 3.47. The number of aromatic nitrogens is 2. The quantitative estimate of drug-likeness (QED) is 0.625. The minimum Gasteiger partial charge on any atom is -0.481 e. The highest BCUT2D eigenvalue weighted by atomic mass is 32.2. The first kappa shape index (κ1) is 19.0. The maximum atomic E-state index is 12.5. The third-order valence-corrected chi connectivity index (χ3v) is 4.86. The molecule has 0 aliphatic rings. The Morgan fingerprint density at radius 3 is 2.56 bits per heavy atom. The van der Waals surface area contributed by atoms with Gasteiger partial charge in [-0.2, -0.15) is 11.8 Å². The molecule has 27 heavy (non-hydrogen) atoms. The van der Waals surface area contributed by atoms with Crippen LogP contribution < -0.4 is 5.32 Å². The van der Waals surface area contributed by atoms with Crippen LogP contribution in [0.25, 0.3) is 11.0 Å². The van der Waals surface area contributed by atoms with Crippen molar-refractivity contribution < 1.29 is 14.7 Å². The molecule has 0 radical (unpaired) electrons. The molecule has 1 unspecified atom stereocenters. The van der Waals surface area contributed by atoms with E-state index >= 15 is 0 Å². The number of carbonyl (C=O) groups is 2. The van der Waals surface area contributed by atoms with Crippen molar-refractivity contribution in [2.75, 3.05) is 12.8 Å². The van der Waals surface area contributed by atoms with E-state index in [1.165, 1.54) is 0 Å². The highest BCUT2D eigenvalue weighted by Crippen LogP contribution is 2.19. The molecule has 0 bridgehead atoms. The number of hydrogen-bond donors (Lipinski definition) is 2. The third-order valence-electron chi connectivity index (χ3n) is 4.31. The Morgan fingerprint density at radius 1 is 1.15 bits per heavy atom. The lowest BCUT2D eigenvalue weighted by molar-refractivity contribution is -0.138. The van der Waals surface area contributed by atoms with E-state index in [0.29, 0.717) is 11.3 Å². The lowest BCUT2D eigenvalue weighted by Gasteiger charge is -2.15. The Hall–Kier alpha value is -2.80. The summed E-state index contributed by atoms with van der Waals surface area (Å²) < 4.78 is 1.89. The zero-order chi connectivity index (χ0) is 19.2. The summed E-state index contributed by atoms with van der Waals surface area (Å²) in [5, 5.41) is 12.2. The summed E-state index contributed by atoms with van der Waals surface area (Å²) >= 11 is 1.64. The zero-order valence-electron chi connectivity index (χ0n) is 15.0. The summed E-state index contributed by atoms with van der Waals surface area (Å²) in [5.74, 6) is -0.443. The number of carbonyl (C=O) groups excluding carboxylic acids is 1. The van der Waals surface area contributed by atoms with Crippen LogP contribution in [-0.4, -0.2) is 39.3 Å². The fraction of sp³-hybridized carbons (Fsp3) is 0.250. The first-order chi connectivity index (χ1) is 13.1. The van der Waals surface area contributed by atoms with Gasteiger partial charge in [0.15, 0.2) is 0 Å². The minimum absolute atomic E-state index is 0.0443. The summed E-state index contributed by atoms with van der Waals surface area (Å²) in [6, 6.07) is 16.6. The van der Waals surface area contributed by atoms with E-state index in [4.69, 9.17) is 0 Å². The lowest BCUT2D eigenvalue weighted by Crippen LogP contribution is -2.34. The van der Waals surface area contributed by atoms with Gasteiger partial charge in [0, 0.05) is 6.54 Å². The maximum absolute atomic E-state index is 12.5. The van der Waals surface area contributed by atoms with Crippen molar-refractivity contribution in [3.63, 3.8) is 0 Å². The molecule has 1 atom stereocenters. The van der Waals surface area contributed by atoms with Crippen molar-refractivity contribution in [2.24, 2.45) is 0 Å². The number of aliphatic carboxylic acids is 1. The summed E-state index contributed by atoms with van der Waals surface area (Å²) in [4.78, 5) is 28.7. The van der Waals surface area contributed by atoms with Gasteiger partial charge in [-0.1, -0.05) is 42.5 Å². The SMILES string of the molecule is CSCc1nc2ccccc2n1CC(=O)NCC(C(=O)O)c1ccccc1. The van der Waals surface area contributed by atoms with Gasteiger partial charge in [0.1, 0.15) is 12.4 Å². The first-order valence-electron chi connectivity index (χ1n) is 8.57. The van der Waals surface area contributed by atoms with E-state index in [1.807, 2.05) is 41.2 Å². The highest BCUT2D eigenvalue weighted by molar-refractivity contribution is 7.97. The van der Waals surface area contributed by atoms with Crippen LogP contribution >= 0.6 is 11.8 Å². The zero-order valence-corrected chi connectivity index (χ0v) is 15.8. The molecule has 0 aliphatic carbocycles. The number of benzene rings is 2. The van der Waals surface area contributed by atoms with Crippen molar-refractivity contribution in [1.29, 1.82) is 0 Å². The van der Waals surface area contributed by atoms with Crippen molar-refractivity contribution in [1.82, 2.24) is 14.9 Å². The van der Waals surface area contributed by atoms with E-state index in [1.54, 1.807) is 36.0 Å². The third kappa shape index (κ3) is 4.49. The molecule has 0 saturated heterocycles. The number of fused-ring (bicyclic) bond motifs is 1. The molecule has 7 heteroatoms. The average Bonchev–Trinajstić information content (AvgIpc) is 3.00. The number of rotatable bonds is 8. The van der Waals surface area contributed by atoms with E-state index in [0.717, 1.165) is 16.9 Å². The van der Waals surface area contributed by atoms with Crippen LogP contribution in [0.4, 0.5) is 0 Å². The highest BCUT2D eigenvalue weighted by Gasteiger charge is 2.21. The molecule has 2 N–H and O–H groups in total. The molecule has 140 valence electrons. The number of thioether (sulfide) groups is 1. The molecule has 2 aromatic carbocycles. The van der Waals surface area contributed by atoms with E-state index < -0.39 is 11.9 Å². The molecule has 0 spiro atoms.